The van der Waals surface area contributed by atoms with Crippen LogP contribution in [0.1, 0.15) is 16.0 Å². The lowest BCUT2D eigenvalue weighted by molar-refractivity contribution is -0.120. The topological polar surface area (TPSA) is 47.6 Å². The van der Waals surface area contributed by atoms with E-state index in [1.54, 1.807) is 25.6 Å². The minimum absolute atomic E-state index is 0.0417. The van der Waals surface area contributed by atoms with Crippen molar-refractivity contribution < 1.29 is 14.3 Å². The van der Waals surface area contributed by atoms with E-state index in [1.165, 1.54) is 0 Å². The quantitative estimate of drug-likeness (QED) is 0.623. The van der Waals surface area contributed by atoms with Crippen LogP contribution in [0.4, 0.5) is 0 Å². The molecule has 1 amide bonds. The summed E-state index contributed by atoms with van der Waals surface area (Å²) in [7, 11) is 3.21. The van der Waals surface area contributed by atoms with Crippen LogP contribution in [-0.4, -0.2) is 26.7 Å². The Bertz CT molecular complexity index is 662. The number of hydrogen-bond acceptors (Lipinski definition) is 4. The van der Waals surface area contributed by atoms with Gasteiger partial charge in [-0.15, -0.1) is 0 Å². The summed E-state index contributed by atoms with van der Waals surface area (Å²) in [6, 6.07) is 5.72. The van der Waals surface area contributed by atoms with Gasteiger partial charge in [0.25, 0.3) is 0 Å². The van der Waals surface area contributed by atoms with Gasteiger partial charge in [-0.2, -0.15) is 11.3 Å². The highest BCUT2D eigenvalue weighted by molar-refractivity contribution is 9.10. The van der Waals surface area contributed by atoms with Gasteiger partial charge in [-0.3, -0.25) is 4.79 Å². The van der Waals surface area contributed by atoms with Crippen molar-refractivity contribution in [2.75, 3.05) is 20.8 Å². The van der Waals surface area contributed by atoms with Gasteiger partial charge in [0.15, 0.2) is 11.5 Å². The Balaban J connectivity index is 1.95. The summed E-state index contributed by atoms with van der Waals surface area (Å²) in [5.41, 5.74) is 2.02. The lowest BCUT2D eigenvalue weighted by Crippen LogP contribution is -2.28. The molecule has 4 nitrogen and oxygen atoms in total. The molecular weight excluding hydrogens is 446 g/mol. The number of halogens is 2. The van der Waals surface area contributed by atoms with E-state index in [0.717, 1.165) is 15.6 Å². The van der Waals surface area contributed by atoms with Crippen molar-refractivity contribution in [1.29, 1.82) is 0 Å². The minimum atomic E-state index is -0.317. The molecule has 2 rings (SSSR count). The lowest BCUT2D eigenvalue weighted by atomic mass is 10.1. The summed E-state index contributed by atoms with van der Waals surface area (Å²) >= 11 is 8.52. The summed E-state index contributed by atoms with van der Waals surface area (Å²) in [5, 5.41) is 6.86. The van der Waals surface area contributed by atoms with Crippen LogP contribution in [-0.2, 0) is 11.2 Å². The van der Waals surface area contributed by atoms with Gasteiger partial charge in [0.2, 0.25) is 5.91 Å². The van der Waals surface area contributed by atoms with Crippen LogP contribution in [0.5, 0.6) is 11.5 Å². The Labute approximate surface area is 156 Å². The molecule has 124 valence electrons. The minimum Gasteiger partial charge on any atom is -0.493 e. The molecule has 0 aliphatic carbocycles. The van der Waals surface area contributed by atoms with Gasteiger partial charge in [0, 0.05) is 11.0 Å². The lowest BCUT2D eigenvalue weighted by Gasteiger charge is -2.13. The summed E-state index contributed by atoms with van der Waals surface area (Å²) in [6.07, 6.45) is 0.691. The van der Waals surface area contributed by atoms with E-state index in [-0.39, 0.29) is 10.7 Å². The second-order valence-electron chi connectivity index (χ2n) is 4.76. The molecule has 1 N–H and O–H groups in total. The Morgan fingerprint density at radius 1 is 1.30 bits per heavy atom. The number of amides is 1. The van der Waals surface area contributed by atoms with E-state index >= 15 is 0 Å². The molecule has 2 aromatic rings. The molecule has 0 aliphatic heterocycles. The number of nitrogens with one attached hydrogen (secondary N) is 1. The molecule has 1 unspecified atom stereocenters. The van der Waals surface area contributed by atoms with Gasteiger partial charge in [-0.1, -0.05) is 31.9 Å². The molecule has 7 heteroatoms. The van der Waals surface area contributed by atoms with Crippen LogP contribution >= 0.6 is 43.2 Å². The highest BCUT2D eigenvalue weighted by Gasteiger charge is 2.17. The van der Waals surface area contributed by atoms with Crippen molar-refractivity contribution in [2.24, 2.45) is 0 Å². The molecule has 0 fully saturated rings. The molecule has 1 aromatic carbocycles. The fourth-order valence-electron chi connectivity index (χ4n) is 2.07. The highest BCUT2D eigenvalue weighted by Crippen LogP contribution is 2.33. The number of ether oxygens (including phenoxy) is 2. The normalized spacial score (nSPS) is 11.8. The molecule has 0 aliphatic rings. The molecule has 1 atom stereocenters. The van der Waals surface area contributed by atoms with E-state index in [0.29, 0.717) is 24.5 Å². The molecular formula is C16H17Br2NO3S. The molecule has 0 bridgehead atoms. The standard InChI is InChI=1S/C16H17Br2NO3S/c1-21-13-7-10(12(17)8-14(13)22-2)3-5-19-16(20)15(18)11-4-6-23-9-11/h4,6-9,15H,3,5H2,1-2H3,(H,19,20). The predicted molar refractivity (Wildman–Crippen MR) is 99.9 cm³/mol. The molecule has 1 heterocycles. The van der Waals surface area contributed by atoms with Gasteiger partial charge in [0.05, 0.1) is 14.2 Å². The summed E-state index contributed by atoms with van der Waals surface area (Å²) in [6.45, 7) is 0.541. The Morgan fingerprint density at radius 2 is 2.00 bits per heavy atom. The van der Waals surface area contributed by atoms with E-state index < -0.39 is 0 Å². The van der Waals surface area contributed by atoms with Crippen molar-refractivity contribution in [3.8, 4) is 11.5 Å². The number of hydrogen-bond donors (Lipinski definition) is 1. The molecule has 1 aromatic heterocycles. The van der Waals surface area contributed by atoms with Crippen molar-refractivity contribution in [3.63, 3.8) is 0 Å². The van der Waals surface area contributed by atoms with E-state index in [1.807, 2.05) is 29.0 Å². The van der Waals surface area contributed by atoms with Gasteiger partial charge in [-0.25, -0.2) is 0 Å². The average molecular weight is 463 g/mol. The van der Waals surface area contributed by atoms with Crippen molar-refractivity contribution in [2.45, 2.75) is 11.2 Å². The monoisotopic (exact) mass is 461 g/mol. The van der Waals surface area contributed by atoms with Crippen LogP contribution in [0.25, 0.3) is 0 Å². The fraction of sp³-hybridized carbons (Fsp3) is 0.312. The first-order chi connectivity index (χ1) is 11.1. The zero-order valence-corrected chi connectivity index (χ0v) is 16.8. The number of rotatable bonds is 7. The first-order valence-electron chi connectivity index (χ1n) is 6.91. The summed E-state index contributed by atoms with van der Waals surface area (Å²) in [4.78, 5) is 11.8. The van der Waals surface area contributed by atoms with Gasteiger partial charge in [-0.05, 0) is 46.5 Å². The number of methoxy groups -OCH3 is 2. The van der Waals surface area contributed by atoms with Gasteiger partial charge < -0.3 is 14.8 Å². The summed E-state index contributed by atoms with van der Waals surface area (Å²) in [5.74, 6) is 1.30. The van der Waals surface area contributed by atoms with Crippen LogP contribution < -0.4 is 14.8 Å². The predicted octanol–water partition coefficient (Wildman–Crippen LogP) is 4.32. The van der Waals surface area contributed by atoms with Crippen molar-refractivity contribution in [3.05, 3.63) is 44.6 Å². The Hall–Kier alpha value is -1.05. The van der Waals surface area contributed by atoms with Crippen LogP contribution in [0, 0.1) is 0 Å². The molecule has 0 saturated heterocycles. The first-order valence-corrected chi connectivity index (χ1v) is 9.56. The SMILES string of the molecule is COc1cc(Br)c(CCNC(=O)C(Br)c2ccsc2)cc1OC. The molecule has 0 radical (unpaired) electrons. The van der Waals surface area contributed by atoms with E-state index in [4.69, 9.17) is 9.47 Å². The summed E-state index contributed by atoms with van der Waals surface area (Å²) < 4.78 is 11.5. The second kappa shape index (κ2) is 8.70. The molecule has 23 heavy (non-hydrogen) atoms. The zero-order chi connectivity index (χ0) is 16.8. The van der Waals surface area contributed by atoms with Crippen molar-refractivity contribution >= 4 is 49.1 Å². The zero-order valence-electron chi connectivity index (χ0n) is 12.8. The third-order valence-electron chi connectivity index (χ3n) is 3.31. The van der Waals surface area contributed by atoms with Crippen LogP contribution in [0.15, 0.2) is 33.4 Å². The fourth-order valence-corrected chi connectivity index (χ4v) is 3.90. The number of carbonyl (C=O) groups excluding carboxylic acids is 1. The van der Waals surface area contributed by atoms with E-state index in [2.05, 4.69) is 37.2 Å². The van der Waals surface area contributed by atoms with Crippen LogP contribution in [0.3, 0.4) is 0 Å². The van der Waals surface area contributed by atoms with E-state index in [9.17, 15) is 4.79 Å². The third kappa shape index (κ3) is 4.71. The Kier molecular flexibility index (Phi) is 6.92. The molecule has 0 spiro atoms. The largest absolute Gasteiger partial charge is 0.493 e. The first kappa shape index (κ1) is 18.3. The average Bonchev–Trinajstić information content (AvgIpc) is 3.09. The number of benzene rings is 1. The smallest absolute Gasteiger partial charge is 0.238 e. The van der Waals surface area contributed by atoms with Gasteiger partial charge in [0.1, 0.15) is 4.83 Å². The highest BCUT2D eigenvalue weighted by atomic mass is 79.9. The number of carbonyl (C=O) groups is 1. The number of thiophene rings is 1. The van der Waals surface area contributed by atoms with Crippen molar-refractivity contribution in [1.82, 2.24) is 5.32 Å². The van der Waals surface area contributed by atoms with Crippen LogP contribution in [0.2, 0.25) is 0 Å². The maximum atomic E-state index is 12.1. The number of alkyl halides is 1. The Morgan fingerprint density at radius 3 is 2.61 bits per heavy atom. The third-order valence-corrected chi connectivity index (χ3v) is 5.70. The second-order valence-corrected chi connectivity index (χ2v) is 7.31. The maximum absolute atomic E-state index is 12.1. The van der Waals surface area contributed by atoms with Gasteiger partial charge >= 0.3 is 0 Å². The maximum Gasteiger partial charge on any atom is 0.238 e. The molecule has 0 saturated carbocycles.